The van der Waals surface area contributed by atoms with E-state index in [1.165, 1.54) is 0 Å². The topological polar surface area (TPSA) is 136 Å². The van der Waals surface area contributed by atoms with Gasteiger partial charge in [0.05, 0.1) is 0 Å². The van der Waals surface area contributed by atoms with E-state index >= 15 is 0 Å². The fourth-order valence-corrected chi connectivity index (χ4v) is 3.28. The molecule has 27 heavy (non-hydrogen) atoms. The van der Waals surface area contributed by atoms with Gasteiger partial charge in [0.1, 0.15) is 17.3 Å². The number of amides is 1. The molecular weight excluding hydrogens is 346 g/mol. The summed E-state index contributed by atoms with van der Waals surface area (Å²) in [5.41, 5.74) is 0.258. The van der Waals surface area contributed by atoms with Crippen molar-refractivity contribution in [3.8, 4) is 6.07 Å². The van der Waals surface area contributed by atoms with Crippen molar-refractivity contribution in [1.29, 1.82) is 5.26 Å². The molecule has 4 N–H and O–H groups in total. The number of nitriles is 1. The predicted octanol–water partition coefficient (Wildman–Crippen LogP) is 2.71. The van der Waals surface area contributed by atoms with Crippen molar-refractivity contribution >= 4 is 28.8 Å². The zero-order valence-corrected chi connectivity index (χ0v) is 15.8. The summed E-state index contributed by atoms with van der Waals surface area (Å²) in [6, 6.07) is 3.80. The molecule has 142 valence electrons. The maximum Gasteiger partial charge on any atom is 0.405 e. The van der Waals surface area contributed by atoms with E-state index in [1.54, 1.807) is 12.3 Å². The third-order valence-electron chi connectivity index (χ3n) is 4.31. The quantitative estimate of drug-likeness (QED) is 0.646. The van der Waals surface area contributed by atoms with Crippen molar-refractivity contribution in [1.82, 2.24) is 20.3 Å². The number of rotatable bonds is 4. The second-order valence-corrected chi connectivity index (χ2v) is 8.21. The third-order valence-corrected chi connectivity index (χ3v) is 4.31. The zero-order valence-electron chi connectivity index (χ0n) is 15.8. The van der Waals surface area contributed by atoms with E-state index in [0.717, 1.165) is 5.39 Å². The Kier molecular flexibility index (Phi) is 4.51. The van der Waals surface area contributed by atoms with Crippen molar-refractivity contribution in [3.63, 3.8) is 0 Å². The van der Waals surface area contributed by atoms with Crippen LogP contribution in [0, 0.1) is 11.3 Å². The van der Waals surface area contributed by atoms with Crippen molar-refractivity contribution in [2.24, 2.45) is 0 Å². The van der Waals surface area contributed by atoms with Gasteiger partial charge in [0, 0.05) is 28.7 Å². The van der Waals surface area contributed by atoms with E-state index in [9.17, 15) is 10.1 Å². The van der Waals surface area contributed by atoms with Gasteiger partial charge in [-0.25, -0.2) is 19.7 Å². The van der Waals surface area contributed by atoms with Crippen LogP contribution in [0.4, 0.5) is 16.6 Å². The van der Waals surface area contributed by atoms with Crippen LogP contribution in [0.5, 0.6) is 0 Å². The molecule has 1 fully saturated rings. The molecule has 2 aromatic heterocycles. The maximum atomic E-state index is 10.8. The van der Waals surface area contributed by atoms with Gasteiger partial charge in [-0.15, -0.1) is 0 Å². The molecule has 9 nitrogen and oxygen atoms in total. The minimum absolute atomic E-state index is 0.0877. The zero-order chi connectivity index (χ0) is 19.8. The SMILES string of the molecule is CC(C)(C)Nc1nc(C#N)cc2cnc(NC3CC(C)(NC(=O)O)C3)nc12. The molecule has 1 amide bonds. The molecule has 0 radical (unpaired) electrons. The van der Waals surface area contributed by atoms with Gasteiger partial charge in [-0.3, -0.25) is 0 Å². The smallest absolute Gasteiger partial charge is 0.405 e. The van der Waals surface area contributed by atoms with Crippen LogP contribution in [0.15, 0.2) is 12.3 Å². The van der Waals surface area contributed by atoms with Crippen LogP contribution in [-0.2, 0) is 0 Å². The number of carboxylic acid groups (broad SMARTS) is 1. The normalized spacial score (nSPS) is 21.8. The molecule has 0 spiro atoms. The number of hydrogen-bond donors (Lipinski definition) is 4. The molecule has 0 aromatic carbocycles. The molecular formula is C18H23N7O2. The molecule has 1 aliphatic carbocycles. The number of nitrogens with one attached hydrogen (secondary N) is 3. The van der Waals surface area contributed by atoms with Gasteiger partial charge in [-0.05, 0) is 46.6 Å². The first-order valence-electron chi connectivity index (χ1n) is 8.71. The molecule has 0 saturated heterocycles. The molecule has 1 aliphatic rings. The third kappa shape index (κ3) is 4.34. The van der Waals surface area contributed by atoms with Crippen molar-refractivity contribution in [2.75, 3.05) is 10.6 Å². The van der Waals surface area contributed by atoms with Gasteiger partial charge in [-0.2, -0.15) is 5.26 Å². The summed E-state index contributed by atoms with van der Waals surface area (Å²) in [4.78, 5) is 24.1. The van der Waals surface area contributed by atoms with Gasteiger partial charge in [0.2, 0.25) is 5.95 Å². The fourth-order valence-electron chi connectivity index (χ4n) is 3.28. The lowest BCUT2D eigenvalue weighted by Crippen LogP contribution is -2.59. The Balaban J connectivity index is 1.83. The van der Waals surface area contributed by atoms with Gasteiger partial charge < -0.3 is 21.1 Å². The van der Waals surface area contributed by atoms with Crippen LogP contribution in [0.25, 0.3) is 10.9 Å². The molecule has 9 heteroatoms. The summed E-state index contributed by atoms with van der Waals surface area (Å²) in [6.07, 6.45) is 1.95. The minimum Gasteiger partial charge on any atom is -0.465 e. The van der Waals surface area contributed by atoms with Gasteiger partial charge in [-0.1, -0.05) is 0 Å². The highest BCUT2D eigenvalue weighted by Gasteiger charge is 2.41. The van der Waals surface area contributed by atoms with Crippen LogP contribution < -0.4 is 16.0 Å². The Labute approximate surface area is 157 Å². The predicted molar refractivity (Wildman–Crippen MR) is 102 cm³/mol. The molecule has 0 unspecified atom stereocenters. The monoisotopic (exact) mass is 369 g/mol. The van der Waals surface area contributed by atoms with Crippen LogP contribution in [0.1, 0.15) is 46.2 Å². The largest absolute Gasteiger partial charge is 0.465 e. The molecule has 3 rings (SSSR count). The van der Waals surface area contributed by atoms with E-state index in [0.29, 0.717) is 35.8 Å². The molecule has 0 bridgehead atoms. The van der Waals surface area contributed by atoms with Crippen LogP contribution in [-0.4, -0.2) is 43.3 Å². The fraction of sp³-hybridized carbons (Fsp3) is 0.500. The van der Waals surface area contributed by atoms with Gasteiger partial charge >= 0.3 is 6.09 Å². The lowest BCUT2D eigenvalue weighted by atomic mass is 9.74. The molecule has 0 atom stereocenters. The Morgan fingerprint density at radius 2 is 2.07 bits per heavy atom. The van der Waals surface area contributed by atoms with Crippen LogP contribution in [0.2, 0.25) is 0 Å². The number of anilines is 2. The number of hydrogen-bond acceptors (Lipinski definition) is 7. The first-order chi connectivity index (χ1) is 12.6. The van der Waals surface area contributed by atoms with Crippen molar-refractivity contribution in [2.45, 2.75) is 57.7 Å². The first-order valence-corrected chi connectivity index (χ1v) is 8.71. The lowest BCUT2D eigenvalue weighted by molar-refractivity contribution is 0.147. The summed E-state index contributed by atoms with van der Waals surface area (Å²) in [5, 5.41) is 27.9. The molecule has 1 saturated carbocycles. The van der Waals surface area contributed by atoms with Gasteiger partial charge in [0.25, 0.3) is 0 Å². The van der Waals surface area contributed by atoms with Crippen LogP contribution in [0.3, 0.4) is 0 Å². The van der Waals surface area contributed by atoms with E-state index in [2.05, 4.69) is 37.0 Å². The number of carbonyl (C=O) groups is 1. The summed E-state index contributed by atoms with van der Waals surface area (Å²) in [7, 11) is 0. The Bertz CT molecular complexity index is 924. The minimum atomic E-state index is -1.02. The highest BCUT2D eigenvalue weighted by molar-refractivity contribution is 5.89. The number of pyridine rings is 1. The average Bonchev–Trinajstić information content (AvgIpc) is 2.51. The van der Waals surface area contributed by atoms with Crippen molar-refractivity contribution < 1.29 is 9.90 Å². The summed E-state index contributed by atoms with van der Waals surface area (Å²) in [5.74, 6) is 0.987. The van der Waals surface area contributed by atoms with E-state index in [4.69, 9.17) is 5.11 Å². The number of fused-ring (bicyclic) bond motifs is 1. The molecule has 0 aliphatic heterocycles. The summed E-state index contributed by atoms with van der Waals surface area (Å²) >= 11 is 0. The highest BCUT2D eigenvalue weighted by Crippen LogP contribution is 2.34. The second-order valence-electron chi connectivity index (χ2n) is 8.21. The van der Waals surface area contributed by atoms with Gasteiger partial charge in [0.15, 0.2) is 5.82 Å². The summed E-state index contributed by atoms with van der Waals surface area (Å²) in [6.45, 7) is 7.89. The molecule has 2 heterocycles. The standard InChI is InChI=1S/C18H23N7O2/c1-17(2,3)24-14-13-10(5-11(8-19)21-14)9-20-15(23-13)22-12-6-18(4,7-12)25-16(26)27/h5,9,12,25H,6-7H2,1-4H3,(H,21,24)(H,26,27)(H,20,22,23). The van der Waals surface area contributed by atoms with E-state index in [1.807, 2.05) is 27.7 Å². The van der Waals surface area contributed by atoms with E-state index < -0.39 is 11.6 Å². The number of nitrogens with zero attached hydrogens (tertiary/aromatic N) is 4. The highest BCUT2D eigenvalue weighted by atomic mass is 16.4. The van der Waals surface area contributed by atoms with Crippen LogP contribution >= 0.6 is 0 Å². The Morgan fingerprint density at radius 3 is 2.67 bits per heavy atom. The summed E-state index contributed by atoms with van der Waals surface area (Å²) < 4.78 is 0. The second kappa shape index (κ2) is 6.54. The van der Waals surface area contributed by atoms with Crippen molar-refractivity contribution in [3.05, 3.63) is 18.0 Å². The van der Waals surface area contributed by atoms with E-state index in [-0.39, 0.29) is 11.6 Å². The maximum absolute atomic E-state index is 10.8. The number of aromatic nitrogens is 3. The lowest BCUT2D eigenvalue weighted by Gasteiger charge is -2.45. The molecule has 2 aromatic rings. The average molecular weight is 369 g/mol. The first kappa shape index (κ1) is 18.6. The Hall–Kier alpha value is -3.15. The Morgan fingerprint density at radius 1 is 1.37 bits per heavy atom.